The van der Waals surface area contributed by atoms with Gasteiger partial charge in [0.25, 0.3) is 0 Å². The van der Waals surface area contributed by atoms with Crippen LogP contribution in [-0.2, 0) is 18.4 Å². The van der Waals surface area contributed by atoms with Crippen LogP contribution in [0.5, 0.6) is 11.5 Å². The standard InChI is InChI=1S/C28H23N3O2/c1-2-11-30-21(6-1)16-31-17-28(18-33-26-14-25-19(9-12-32-25)13-23(26)28)27-22(7-3-8-24(27)31)20-5-4-10-29-15-20/h1-8,10-11,13-15H,9,12,16-18H2. The summed E-state index contributed by atoms with van der Waals surface area (Å²) in [5.41, 5.74) is 8.29. The lowest BCUT2D eigenvalue weighted by molar-refractivity contribution is 0.297. The van der Waals surface area contributed by atoms with E-state index in [1.165, 1.54) is 27.9 Å². The number of hydrogen-bond donors (Lipinski definition) is 0. The van der Waals surface area contributed by atoms with Gasteiger partial charge in [-0.05, 0) is 47.0 Å². The molecule has 1 atom stereocenters. The molecule has 0 fully saturated rings. The van der Waals surface area contributed by atoms with Crippen molar-refractivity contribution in [2.75, 3.05) is 24.7 Å². The third kappa shape index (κ3) is 2.78. The zero-order valence-corrected chi connectivity index (χ0v) is 18.2. The van der Waals surface area contributed by atoms with Gasteiger partial charge in [-0.1, -0.05) is 24.3 Å². The third-order valence-corrected chi connectivity index (χ3v) is 7.16. The number of anilines is 1. The SMILES string of the molecule is c1ccc(CN2CC3(COc4cc5c(cc43)CCO5)c3c(-c4cccnc4)cccc32)nc1. The molecule has 0 saturated heterocycles. The highest BCUT2D eigenvalue weighted by molar-refractivity contribution is 5.82. The second-order valence-corrected chi connectivity index (χ2v) is 9.04. The lowest BCUT2D eigenvalue weighted by Crippen LogP contribution is -2.36. The van der Waals surface area contributed by atoms with Gasteiger partial charge in [-0.3, -0.25) is 9.97 Å². The highest BCUT2D eigenvalue weighted by Crippen LogP contribution is 2.56. The fourth-order valence-corrected chi connectivity index (χ4v) is 5.70. The lowest BCUT2D eigenvalue weighted by atomic mass is 9.74. The van der Waals surface area contributed by atoms with Crippen LogP contribution in [0.2, 0.25) is 0 Å². The molecule has 3 aliphatic rings. The number of ether oxygens (including phenoxy) is 2. The maximum absolute atomic E-state index is 6.37. The van der Waals surface area contributed by atoms with Crippen molar-refractivity contribution in [1.82, 2.24) is 9.97 Å². The average molecular weight is 434 g/mol. The number of nitrogens with zero attached hydrogens (tertiary/aromatic N) is 3. The van der Waals surface area contributed by atoms with Crippen LogP contribution in [0.4, 0.5) is 5.69 Å². The molecule has 0 amide bonds. The minimum Gasteiger partial charge on any atom is -0.493 e. The van der Waals surface area contributed by atoms with E-state index in [0.29, 0.717) is 6.61 Å². The van der Waals surface area contributed by atoms with Crippen LogP contribution in [0.3, 0.4) is 0 Å². The molecule has 7 rings (SSSR count). The predicted molar refractivity (Wildman–Crippen MR) is 127 cm³/mol. The van der Waals surface area contributed by atoms with Gasteiger partial charge < -0.3 is 14.4 Å². The average Bonchev–Trinajstić information content (AvgIpc) is 3.56. The maximum atomic E-state index is 6.37. The van der Waals surface area contributed by atoms with E-state index >= 15 is 0 Å². The van der Waals surface area contributed by atoms with E-state index in [-0.39, 0.29) is 5.41 Å². The van der Waals surface area contributed by atoms with E-state index in [9.17, 15) is 0 Å². The molecule has 1 spiro atoms. The Bertz CT molecular complexity index is 1360. The molecule has 0 radical (unpaired) electrons. The summed E-state index contributed by atoms with van der Waals surface area (Å²) in [6, 6.07) is 21.3. The molecule has 3 aliphatic heterocycles. The molecule has 5 heterocycles. The molecule has 0 bridgehead atoms. The van der Waals surface area contributed by atoms with E-state index in [4.69, 9.17) is 9.47 Å². The van der Waals surface area contributed by atoms with Crippen molar-refractivity contribution in [3.8, 4) is 22.6 Å². The van der Waals surface area contributed by atoms with Crippen molar-refractivity contribution < 1.29 is 9.47 Å². The number of rotatable bonds is 3. The Kier molecular flexibility index (Phi) is 4.00. The van der Waals surface area contributed by atoms with Gasteiger partial charge in [-0.2, -0.15) is 0 Å². The van der Waals surface area contributed by atoms with Gasteiger partial charge in [0.1, 0.15) is 18.1 Å². The summed E-state index contributed by atoms with van der Waals surface area (Å²) in [6.45, 7) is 2.97. The number of benzene rings is 2. The largest absolute Gasteiger partial charge is 0.493 e. The number of aromatic nitrogens is 2. The Balaban J connectivity index is 1.44. The lowest BCUT2D eigenvalue weighted by Gasteiger charge is -2.26. The summed E-state index contributed by atoms with van der Waals surface area (Å²) in [5.74, 6) is 1.91. The molecule has 2 aromatic heterocycles. The molecule has 0 saturated carbocycles. The molecule has 162 valence electrons. The molecule has 5 heteroatoms. The highest BCUT2D eigenvalue weighted by Gasteiger charge is 2.51. The Labute approximate surface area is 192 Å². The van der Waals surface area contributed by atoms with Gasteiger partial charge in [-0.15, -0.1) is 0 Å². The van der Waals surface area contributed by atoms with E-state index < -0.39 is 0 Å². The van der Waals surface area contributed by atoms with Crippen molar-refractivity contribution in [3.05, 3.63) is 102 Å². The Morgan fingerprint density at radius 3 is 2.82 bits per heavy atom. The Hall–Kier alpha value is -3.86. The van der Waals surface area contributed by atoms with Crippen LogP contribution >= 0.6 is 0 Å². The van der Waals surface area contributed by atoms with Crippen LogP contribution in [0, 0.1) is 0 Å². The summed E-state index contributed by atoms with van der Waals surface area (Å²) in [4.78, 5) is 11.5. The summed E-state index contributed by atoms with van der Waals surface area (Å²) < 4.78 is 12.2. The third-order valence-electron chi connectivity index (χ3n) is 7.16. The molecular weight excluding hydrogens is 410 g/mol. The first-order valence-corrected chi connectivity index (χ1v) is 11.4. The van der Waals surface area contributed by atoms with Crippen molar-refractivity contribution in [3.63, 3.8) is 0 Å². The first-order valence-electron chi connectivity index (χ1n) is 11.4. The number of pyridine rings is 2. The second-order valence-electron chi connectivity index (χ2n) is 9.04. The summed E-state index contributed by atoms with van der Waals surface area (Å²) in [5, 5.41) is 0. The van der Waals surface area contributed by atoms with Crippen molar-refractivity contribution in [1.29, 1.82) is 0 Å². The minimum atomic E-state index is -0.247. The molecule has 5 nitrogen and oxygen atoms in total. The molecular formula is C28H23N3O2. The zero-order chi connectivity index (χ0) is 21.8. The van der Waals surface area contributed by atoms with Crippen LogP contribution in [0.15, 0.2) is 79.3 Å². The fourth-order valence-electron chi connectivity index (χ4n) is 5.70. The van der Waals surface area contributed by atoms with Gasteiger partial charge in [0, 0.05) is 54.4 Å². The van der Waals surface area contributed by atoms with Gasteiger partial charge in [0.05, 0.1) is 24.3 Å². The Morgan fingerprint density at radius 1 is 0.939 bits per heavy atom. The first-order chi connectivity index (χ1) is 16.3. The summed E-state index contributed by atoms with van der Waals surface area (Å²) >= 11 is 0. The fraction of sp³-hybridized carbons (Fsp3) is 0.214. The van der Waals surface area contributed by atoms with Crippen molar-refractivity contribution in [2.45, 2.75) is 18.4 Å². The number of fused-ring (bicyclic) bond motifs is 5. The van der Waals surface area contributed by atoms with Crippen LogP contribution in [0.25, 0.3) is 11.1 Å². The van der Waals surface area contributed by atoms with E-state index in [0.717, 1.165) is 48.9 Å². The summed E-state index contributed by atoms with van der Waals surface area (Å²) in [6.07, 6.45) is 6.60. The topological polar surface area (TPSA) is 47.5 Å². The van der Waals surface area contributed by atoms with Crippen molar-refractivity contribution >= 4 is 5.69 Å². The van der Waals surface area contributed by atoms with Gasteiger partial charge in [0.15, 0.2) is 0 Å². The number of hydrogen-bond acceptors (Lipinski definition) is 5. The normalized spacial score (nSPS) is 19.7. The summed E-state index contributed by atoms with van der Waals surface area (Å²) in [7, 11) is 0. The smallest absolute Gasteiger partial charge is 0.127 e. The monoisotopic (exact) mass is 433 g/mol. The maximum Gasteiger partial charge on any atom is 0.127 e. The minimum absolute atomic E-state index is 0.247. The second kappa shape index (κ2) is 7.07. The van der Waals surface area contributed by atoms with Crippen molar-refractivity contribution in [2.24, 2.45) is 0 Å². The highest BCUT2D eigenvalue weighted by atomic mass is 16.5. The van der Waals surface area contributed by atoms with Crippen LogP contribution < -0.4 is 14.4 Å². The quantitative estimate of drug-likeness (QED) is 0.466. The molecule has 33 heavy (non-hydrogen) atoms. The van der Waals surface area contributed by atoms with Gasteiger partial charge in [0.2, 0.25) is 0 Å². The van der Waals surface area contributed by atoms with Crippen LogP contribution in [0.1, 0.15) is 22.4 Å². The Morgan fingerprint density at radius 2 is 1.94 bits per heavy atom. The molecule has 4 aromatic rings. The molecule has 2 aromatic carbocycles. The van der Waals surface area contributed by atoms with E-state index in [1.54, 1.807) is 0 Å². The predicted octanol–water partition coefficient (Wildman–Crippen LogP) is 4.78. The zero-order valence-electron chi connectivity index (χ0n) is 18.2. The van der Waals surface area contributed by atoms with Crippen LogP contribution in [-0.4, -0.2) is 29.7 Å². The first kappa shape index (κ1) is 18.7. The molecule has 0 N–H and O–H groups in total. The van der Waals surface area contributed by atoms with E-state index in [1.807, 2.05) is 30.7 Å². The molecule has 1 unspecified atom stereocenters. The van der Waals surface area contributed by atoms with Gasteiger partial charge >= 0.3 is 0 Å². The van der Waals surface area contributed by atoms with E-state index in [2.05, 4.69) is 63.4 Å². The van der Waals surface area contributed by atoms with Gasteiger partial charge in [-0.25, -0.2) is 0 Å². The molecule has 0 aliphatic carbocycles.